The second-order valence-corrected chi connectivity index (χ2v) is 6.36. The molecule has 2 heterocycles. The number of ether oxygens (including phenoxy) is 1. The van der Waals surface area contributed by atoms with Crippen LogP contribution in [0.3, 0.4) is 0 Å². The van der Waals surface area contributed by atoms with Gasteiger partial charge in [-0.3, -0.25) is 10.00 Å². The molecule has 1 atom stereocenters. The molecule has 118 valence electrons. The summed E-state index contributed by atoms with van der Waals surface area (Å²) >= 11 is 0. The second-order valence-electron chi connectivity index (χ2n) is 4.66. The van der Waals surface area contributed by atoms with E-state index in [1.807, 2.05) is 6.92 Å². The van der Waals surface area contributed by atoms with Crippen molar-refractivity contribution in [3.8, 4) is 0 Å². The number of hydrogen-bond acceptors (Lipinski definition) is 6. The Kier molecular flexibility index (Phi) is 4.93. The third kappa shape index (κ3) is 3.79. The van der Waals surface area contributed by atoms with Crippen LogP contribution in [0.1, 0.15) is 17.3 Å². The summed E-state index contributed by atoms with van der Waals surface area (Å²) in [6.07, 6.45) is 0.706. The number of sulfonamides is 1. The zero-order valence-corrected chi connectivity index (χ0v) is 12.4. The molecule has 1 aromatic heterocycles. The topological polar surface area (TPSA) is 125 Å². The molecular weight excluding hydrogens is 300 g/mol. The summed E-state index contributed by atoms with van der Waals surface area (Å²) < 4.78 is 32.0. The summed E-state index contributed by atoms with van der Waals surface area (Å²) in [5.41, 5.74) is -0.387. The smallest absolute Gasteiger partial charge is 0.340 e. The van der Waals surface area contributed by atoms with Gasteiger partial charge in [-0.05, 0) is 6.54 Å². The molecule has 0 radical (unpaired) electrons. The van der Waals surface area contributed by atoms with Crippen LogP contribution in [0.4, 0.5) is 0 Å². The number of nitrogens with one attached hydrogen (secondary N) is 2. The maximum Gasteiger partial charge on any atom is 0.340 e. The normalized spacial score (nSPS) is 20.5. The van der Waals surface area contributed by atoms with E-state index in [4.69, 9.17) is 9.84 Å². The standard InChI is InChI=1S/C11H18N4O5S/c1-2-15-3-4-20-8(7-15)5-13-21(18,19)10-9(11(16)17)6-12-14-10/h6,8,13H,2-5,7H2,1H3,(H,12,14)(H,16,17). The third-order valence-corrected chi connectivity index (χ3v) is 4.67. The molecule has 9 nitrogen and oxygen atoms in total. The van der Waals surface area contributed by atoms with E-state index in [0.717, 1.165) is 19.3 Å². The zero-order chi connectivity index (χ0) is 15.5. The van der Waals surface area contributed by atoms with Gasteiger partial charge in [0.25, 0.3) is 10.0 Å². The summed E-state index contributed by atoms with van der Waals surface area (Å²) in [7, 11) is -3.96. The molecule has 0 bridgehead atoms. The van der Waals surface area contributed by atoms with Gasteiger partial charge in [0.2, 0.25) is 0 Å². The zero-order valence-electron chi connectivity index (χ0n) is 11.6. The Hall–Kier alpha value is -1.49. The minimum atomic E-state index is -3.96. The molecule has 0 aliphatic carbocycles. The lowest BCUT2D eigenvalue weighted by atomic mass is 10.3. The van der Waals surface area contributed by atoms with Crippen LogP contribution in [0.15, 0.2) is 11.2 Å². The number of carbonyl (C=O) groups is 1. The van der Waals surface area contributed by atoms with Crippen LogP contribution in [-0.4, -0.2) is 73.5 Å². The van der Waals surface area contributed by atoms with E-state index in [0.29, 0.717) is 13.2 Å². The largest absolute Gasteiger partial charge is 0.478 e. The van der Waals surface area contributed by atoms with Crippen molar-refractivity contribution in [2.45, 2.75) is 18.1 Å². The number of aromatic carboxylic acids is 1. The van der Waals surface area contributed by atoms with Crippen molar-refractivity contribution in [3.05, 3.63) is 11.8 Å². The predicted molar refractivity (Wildman–Crippen MR) is 72.6 cm³/mol. The van der Waals surface area contributed by atoms with Crippen LogP contribution in [0.25, 0.3) is 0 Å². The minimum absolute atomic E-state index is 0.0803. The number of carboxylic acid groups (broad SMARTS) is 1. The SMILES string of the molecule is CCN1CCOC(CNS(=O)(=O)c2[nH]ncc2C(=O)O)C1. The first kappa shape index (κ1) is 15.9. The van der Waals surface area contributed by atoms with Crippen LogP contribution in [0.5, 0.6) is 0 Å². The molecule has 21 heavy (non-hydrogen) atoms. The Bertz CT molecular complexity index is 600. The lowest BCUT2D eigenvalue weighted by Crippen LogP contribution is -2.47. The fraction of sp³-hybridized carbons (Fsp3) is 0.636. The average molecular weight is 318 g/mol. The van der Waals surface area contributed by atoms with Crippen molar-refractivity contribution in [3.63, 3.8) is 0 Å². The van der Waals surface area contributed by atoms with E-state index in [-0.39, 0.29) is 18.2 Å². The van der Waals surface area contributed by atoms with Crippen molar-refractivity contribution in [2.75, 3.05) is 32.8 Å². The van der Waals surface area contributed by atoms with E-state index >= 15 is 0 Å². The summed E-state index contributed by atoms with van der Waals surface area (Å²) in [5.74, 6) is -1.35. The number of hydrogen-bond donors (Lipinski definition) is 3. The number of morpholine rings is 1. The minimum Gasteiger partial charge on any atom is -0.478 e. The van der Waals surface area contributed by atoms with Gasteiger partial charge >= 0.3 is 5.97 Å². The van der Waals surface area contributed by atoms with E-state index in [9.17, 15) is 13.2 Å². The molecule has 0 saturated carbocycles. The van der Waals surface area contributed by atoms with Gasteiger partial charge in [0.15, 0.2) is 5.03 Å². The van der Waals surface area contributed by atoms with Gasteiger partial charge in [-0.15, -0.1) is 0 Å². The first-order chi connectivity index (χ1) is 9.94. The van der Waals surface area contributed by atoms with E-state index in [1.54, 1.807) is 0 Å². The predicted octanol–water partition coefficient (Wildman–Crippen LogP) is -0.893. The Morgan fingerprint density at radius 1 is 1.67 bits per heavy atom. The Balaban J connectivity index is 2.01. The molecule has 2 rings (SSSR count). The molecule has 10 heteroatoms. The van der Waals surface area contributed by atoms with Crippen molar-refractivity contribution in [1.82, 2.24) is 19.8 Å². The van der Waals surface area contributed by atoms with Crippen LogP contribution in [0, 0.1) is 0 Å². The van der Waals surface area contributed by atoms with Gasteiger partial charge in [-0.2, -0.15) is 5.10 Å². The molecule has 0 aromatic carbocycles. The number of nitrogens with zero attached hydrogens (tertiary/aromatic N) is 2. The molecule has 1 aromatic rings. The van der Waals surface area contributed by atoms with Crippen molar-refractivity contribution < 1.29 is 23.1 Å². The quantitative estimate of drug-likeness (QED) is 0.621. The molecule has 1 aliphatic rings. The van der Waals surface area contributed by atoms with Gasteiger partial charge in [-0.1, -0.05) is 6.92 Å². The fourth-order valence-corrected chi connectivity index (χ4v) is 3.25. The monoisotopic (exact) mass is 318 g/mol. The van der Waals surface area contributed by atoms with Crippen LogP contribution in [0.2, 0.25) is 0 Å². The lowest BCUT2D eigenvalue weighted by Gasteiger charge is -2.32. The van der Waals surface area contributed by atoms with Crippen molar-refractivity contribution >= 4 is 16.0 Å². The number of carboxylic acids is 1. The molecular formula is C11H18N4O5S. The number of likely N-dealkylation sites (N-methyl/N-ethyl adjacent to an activating group) is 1. The summed E-state index contributed by atoms with van der Waals surface area (Å²) in [4.78, 5) is 13.1. The van der Waals surface area contributed by atoms with Gasteiger partial charge in [0, 0.05) is 19.6 Å². The molecule has 1 aliphatic heterocycles. The van der Waals surface area contributed by atoms with E-state index < -0.39 is 21.0 Å². The average Bonchev–Trinajstić information content (AvgIpc) is 2.96. The maximum atomic E-state index is 12.1. The number of rotatable bonds is 6. The Morgan fingerprint density at radius 3 is 3.10 bits per heavy atom. The van der Waals surface area contributed by atoms with Gasteiger partial charge in [-0.25, -0.2) is 17.9 Å². The third-order valence-electron chi connectivity index (χ3n) is 3.27. The highest BCUT2D eigenvalue weighted by Crippen LogP contribution is 2.12. The van der Waals surface area contributed by atoms with Gasteiger partial charge in [0.05, 0.1) is 18.9 Å². The fourth-order valence-electron chi connectivity index (χ4n) is 2.10. The number of H-pyrrole nitrogens is 1. The highest BCUT2D eigenvalue weighted by atomic mass is 32.2. The summed E-state index contributed by atoms with van der Waals surface area (Å²) in [5, 5.41) is 14.1. The first-order valence-electron chi connectivity index (χ1n) is 6.54. The number of aromatic nitrogens is 2. The van der Waals surface area contributed by atoms with Crippen molar-refractivity contribution in [2.24, 2.45) is 0 Å². The summed E-state index contributed by atoms with van der Waals surface area (Å²) in [6, 6.07) is 0. The van der Waals surface area contributed by atoms with Crippen molar-refractivity contribution in [1.29, 1.82) is 0 Å². The van der Waals surface area contributed by atoms with Gasteiger partial charge < -0.3 is 9.84 Å². The van der Waals surface area contributed by atoms with Crippen LogP contribution < -0.4 is 4.72 Å². The van der Waals surface area contributed by atoms with E-state index in [2.05, 4.69) is 19.8 Å². The molecule has 1 unspecified atom stereocenters. The highest BCUT2D eigenvalue weighted by molar-refractivity contribution is 7.89. The highest BCUT2D eigenvalue weighted by Gasteiger charge is 2.27. The molecule has 1 saturated heterocycles. The Morgan fingerprint density at radius 2 is 2.43 bits per heavy atom. The maximum absolute atomic E-state index is 12.1. The molecule has 0 amide bonds. The molecule has 0 spiro atoms. The van der Waals surface area contributed by atoms with Crippen LogP contribution in [-0.2, 0) is 14.8 Å². The molecule has 1 fully saturated rings. The second kappa shape index (κ2) is 6.52. The Labute approximate surface area is 122 Å². The number of aromatic amines is 1. The first-order valence-corrected chi connectivity index (χ1v) is 8.02. The van der Waals surface area contributed by atoms with Crippen LogP contribution >= 0.6 is 0 Å². The summed E-state index contributed by atoms with van der Waals surface area (Å²) in [6.45, 7) is 4.98. The van der Waals surface area contributed by atoms with E-state index in [1.165, 1.54) is 0 Å². The lowest BCUT2D eigenvalue weighted by molar-refractivity contribution is -0.0229. The van der Waals surface area contributed by atoms with Gasteiger partial charge in [0.1, 0.15) is 5.56 Å². The molecule has 3 N–H and O–H groups in total.